The van der Waals surface area contributed by atoms with Crippen LogP contribution >= 0.6 is 11.3 Å². The Balaban J connectivity index is 2.30. The molecule has 0 radical (unpaired) electrons. The van der Waals surface area contributed by atoms with Crippen LogP contribution in [0.15, 0.2) is 24.3 Å². The van der Waals surface area contributed by atoms with Crippen molar-refractivity contribution in [3.05, 3.63) is 24.3 Å². The molecule has 0 fully saturated rings. The van der Waals surface area contributed by atoms with Gasteiger partial charge in [0.05, 0.1) is 10.2 Å². The third-order valence-corrected chi connectivity index (χ3v) is 3.57. The predicted molar refractivity (Wildman–Crippen MR) is 67.6 cm³/mol. The minimum atomic E-state index is 0.119. The molecule has 0 unspecified atom stereocenters. The Kier molecular flexibility index (Phi) is 2.65. The van der Waals surface area contributed by atoms with Gasteiger partial charge in [0.1, 0.15) is 0 Å². The van der Waals surface area contributed by atoms with Crippen molar-refractivity contribution in [3.63, 3.8) is 0 Å². The molecule has 1 heterocycles. The molecule has 2 aromatic rings. The number of hydrogen-bond donors (Lipinski definition) is 1. The van der Waals surface area contributed by atoms with Crippen LogP contribution in [0.3, 0.4) is 0 Å². The van der Waals surface area contributed by atoms with Gasteiger partial charge in [-0.1, -0.05) is 30.4 Å². The highest BCUT2D eigenvalue weighted by Crippen LogP contribution is 2.28. The average Bonchev–Trinajstić information content (AvgIpc) is 2.58. The van der Waals surface area contributed by atoms with Gasteiger partial charge in [-0.3, -0.25) is 0 Å². The zero-order valence-corrected chi connectivity index (χ0v) is 10.2. The lowest BCUT2D eigenvalue weighted by Crippen LogP contribution is -2.29. The van der Waals surface area contributed by atoms with E-state index >= 15 is 0 Å². The lowest BCUT2D eigenvalue weighted by Gasteiger charge is -2.23. The summed E-state index contributed by atoms with van der Waals surface area (Å²) in [4.78, 5) is 4.55. The molecule has 2 nitrogen and oxygen atoms in total. The van der Waals surface area contributed by atoms with E-state index in [1.165, 1.54) is 4.70 Å². The number of hydrogen-bond acceptors (Lipinski definition) is 3. The van der Waals surface area contributed by atoms with Gasteiger partial charge in [0.2, 0.25) is 0 Å². The summed E-state index contributed by atoms with van der Waals surface area (Å²) in [6.07, 6.45) is 1.09. The van der Waals surface area contributed by atoms with E-state index in [9.17, 15) is 0 Å². The molecule has 2 rings (SSSR count). The summed E-state index contributed by atoms with van der Waals surface area (Å²) in [5.41, 5.74) is 1.20. The van der Waals surface area contributed by atoms with Crippen LogP contribution in [-0.4, -0.2) is 10.5 Å². The maximum atomic E-state index is 4.55. The molecular weight excluding hydrogens is 204 g/mol. The lowest BCUT2D eigenvalue weighted by atomic mass is 10.0. The minimum absolute atomic E-state index is 0.119. The number of benzene rings is 1. The van der Waals surface area contributed by atoms with Gasteiger partial charge in [0.25, 0.3) is 0 Å². The summed E-state index contributed by atoms with van der Waals surface area (Å²) < 4.78 is 1.24. The molecule has 0 saturated carbocycles. The van der Waals surface area contributed by atoms with Crippen LogP contribution in [-0.2, 0) is 0 Å². The molecular formula is C12H16N2S. The van der Waals surface area contributed by atoms with Crippen LogP contribution in [0, 0.1) is 0 Å². The number of fused-ring (bicyclic) bond motifs is 1. The molecule has 0 spiro atoms. The van der Waals surface area contributed by atoms with Crippen molar-refractivity contribution in [1.82, 2.24) is 4.98 Å². The van der Waals surface area contributed by atoms with Crippen molar-refractivity contribution in [2.75, 3.05) is 5.32 Å². The fraction of sp³-hybridized carbons (Fsp3) is 0.417. The molecule has 0 saturated heterocycles. The molecule has 0 aliphatic rings. The van der Waals surface area contributed by atoms with E-state index < -0.39 is 0 Å². The third-order valence-electron chi connectivity index (χ3n) is 2.62. The van der Waals surface area contributed by atoms with Gasteiger partial charge in [-0.15, -0.1) is 0 Å². The van der Waals surface area contributed by atoms with Gasteiger partial charge >= 0.3 is 0 Å². The van der Waals surface area contributed by atoms with Crippen LogP contribution in [0.4, 0.5) is 5.13 Å². The first-order chi connectivity index (χ1) is 7.11. The van der Waals surface area contributed by atoms with Crippen molar-refractivity contribution >= 4 is 26.7 Å². The smallest absolute Gasteiger partial charge is 0.184 e. The molecule has 1 aromatic heterocycles. The predicted octanol–water partition coefficient (Wildman–Crippen LogP) is 3.90. The Morgan fingerprint density at radius 1 is 1.33 bits per heavy atom. The molecule has 80 valence electrons. The van der Waals surface area contributed by atoms with E-state index in [0.717, 1.165) is 17.1 Å². The highest BCUT2D eigenvalue weighted by molar-refractivity contribution is 7.22. The normalized spacial score (nSPS) is 11.9. The quantitative estimate of drug-likeness (QED) is 0.848. The zero-order valence-electron chi connectivity index (χ0n) is 9.37. The number of rotatable bonds is 3. The topological polar surface area (TPSA) is 24.9 Å². The molecule has 0 bridgehead atoms. The minimum Gasteiger partial charge on any atom is -0.357 e. The second-order valence-corrected chi connectivity index (χ2v) is 5.38. The molecule has 3 heteroatoms. The van der Waals surface area contributed by atoms with E-state index in [2.05, 4.69) is 49.3 Å². The Hall–Kier alpha value is -1.09. The molecule has 0 amide bonds. The first-order valence-electron chi connectivity index (χ1n) is 5.24. The van der Waals surface area contributed by atoms with Gasteiger partial charge in [-0.2, -0.15) is 0 Å². The molecule has 1 aromatic carbocycles. The van der Waals surface area contributed by atoms with E-state index in [1.54, 1.807) is 11.3 Å². The maximum absolute atomic E-state index is 4.55. The molecule has 0 atom stereocenters. The number of thiazole rings is 1. The van der Waals surface area contributed by atoms with Crippen molar-refractivity contribution in [2.24, 2.45) is 0 Å². The zero-order chi connectivity index (χ0) is 10.9. The summed E-state index contributed by atoms with van der Waals surface area (Å²) in [5.74, 6) is 0. The van der Waals surface area contributed by atoms with Crippen LogP contribution < -0.4 is 5.32 Å². The number of aromatic nitrogens is 1. The van der Waals surface area contributed by atoms with E-state index in [0.29, 0.717) is 0 Å². The molecule has 0 aliphatic heterocycles. The van der Waals surface area contributed by atoms with Crippen LogP contribution in [0.25, 0.3) is 10.2 Å². The number of nitrogens with one attached hydrogen (secondary N) is 1. The standard InChI is InChI=1S/C12H16N2S/c1-4-12(2,3)14-11-13-9-7-5-6-8-10(9)15-11/h5-8H,4H2,1-3H3,(H,13,14). The highest BCUT2D eigenvalue weighted by atomic mass is 32.1. The van der Waals surface area contributed by atoms with E-state index in [-0.39, 0.29) is 5.54 Å². The summed E-state index contributed by atoms with van der Waals surface area (Å²) in [7, 11) is 0. The maximum Gasteiger partial charge on any atom is 0.184 e. The van der Waals surface area contributed by atoms with Gasteiger partial charge in [0, 0.05) is 5.54 Å². The van der Waals surface area contributed by atoms with E-state index in [4.69, 9.17) is 0 Å². The van der Waals surface area contributed by atoms with E-state index in [1.807, 2.05) is 6.07 Å². The van der Waals surface area contributed by atoms with Crippen LogP contribution in [0.2, 0.25) is 0 Å². The van der Waals surface area contributed by atoms with Crippen LogP contribution in [0.5, 0.6) is 0 Å². The summed E-state index contributed by atoms with van der Waals surface area (Å²) in [5, 5.41) is 4.48. The van der Waals surface area contributed by atoms with Crippen molar-refractivity contribution < 1.29 is 0 Å². The molecule has 15 heavy (non-hydrogen) atoms. The highest BCUT2D eigenvalue weighted by Gasteiger charge is 2.16. The van der Waals surface area contributed by atoms with Crippen LogP contribution in [0.1, 0.15) is 27.2 Å². The second-order valence-electron chi connectivity index (χ2n) is 4.35. The summed E-state index contributed by atoms with van der Waals surface area (Å²) >= 11 is 1.72. The van der Waals surface area contributed by atoms with Gasteiger partial charge in [0.15, 0.2) is 5.13 Å². The fourth-order valence-corrected chi connectivity index (χ4v) is 2.35. The largest absolute Gasteiger partial charge is 0.357 e. The van der Waals surface area contributed by atoms with Gasteiger partial charge < -0.3 is 5.32 Å². The first-order valence-corrected chi connectivity index (χ1v) is 6.06. The van der Waals surface area contributed by atoms with Gasteiger partial charge in [-0.25, -0.2) is 4.98 Å². The summed E-state index contributed by atoms with van der Waals surface area (Å²) in [6.45, 7) is 6.57. The number of nitrogens with zero attached hydrogens (tertiary/aromatic N) is 1. The Morgan fingerprint density at radius 2 is 2.07 bits per heavy atom. The Labute approximate surface area is 94.3 Å². The Bertz CT molecular complexity index is 426. The van der Waals surface area contributed by atoms with Gasteiger partial charge in [-0.05, 0) is 32.4 Å². The third kappa shape index (κ3) is 2.29. The summed E-state index contributed by atoms with van der Waals surface area (Å²) in [6, 6.07) is 8.24. The van der Waals surface area contributed by atoms with Crippen molar-refractivity contribution in [1.29, 1.82) is 0 Å². The van der Waals surface area contributed by atoms with Crippen molar-refractivity contribution in [3.8, 4) is 0 Å². The number of para-hydroxylation sites is 1. The molecule has 1 N–H and O–H groups in total. The fourth-order valence-electron chi connectivity index (χ4n) is 1.30. The lowest BCUT2D eigenvalue weighted by molar-refractivity contribution is 0.547. The average molecular weight is 220 g/mol. The SMILES string of the molecule is CCC(C)(C)Nc1nc2ccccc2s1. The Morgan fingerprint density at radius 3 is 2.73 bits per heavy atom. The second kappa shape index (κ2) is 3.81. The first kappa shape index (κ1) is 10.4. The monoisotopic (exact) mass is 220 g/mol. The van der Waals surface area contributed by atoms with Crippen molar-refractivity contribution in [2.45, 2.75) is 32.7 Å². The molecule has 0 aliphatic carbocycles. The number of anilines is 1.